The molecule has 0 fully saturated rings. The van der Waals surface area contributed by atoms with Gasteiger partial charge in [-0.1, -0.05) is 41.4 Å². The van der Waals surface area contributed by atoms with E-state index >= 15 is 0 Å². The molecule has 9 heteroatoms. The van der Waals surface area contributed by atoms with Gasteiger partial charge in [0.2, 0.25) is 5.43 Å². The lowest BCUT2D eigenvalue weighted by Gasteiger charge is -2.06. The third kappa shape index (κ3) is 4.16. The molecule has 0 saturated heterocycles. The van der Waals surface area contributed by atoms with Crippen LogP contribution >= 0.6 is 23.2 Å². The average Bonchev–Trinajstić information content (AvgIpc) is 2.67. The van der Waals surface area contributed by atoms with E-state index in [1.807, 2.05) is 5.43 Å². The highest BCUT2D eigenvalue weighted by atomic mass is 35.5. The van der Waals surface area contributed by atoms with Crippen LogP contribution in [0.15, 0.2) is 63.0 Å². The van der Waals surface area contributed by atoms with Crippen molar-refractivity contribution in [2.75, 3.05) is 5.32 Å². The van der Waals surface area contributed by atoms with Gasteiger partial charge in [0.25, 0.3) is 0 Å². The Morgan fingerprint density at radius 2 is 1.81 bits per heavy atom. The van der Waals surface area contributed by atoms with Gasteiger partial charge < -0.3 is 9.73 Å². The number of halogens is 2. The Hall–Kier alpha value is -3.16. The van der Waals surface area contributed by atoms with Gasteiger partial charge in [-0.05, 0) is 24.3 Å². The standard InChI is InChI=1S/C18H11Cl2N3O4/c19-12-5-3-6-13(15(12)20)22-17(25)18(26)23-21-8-10-9-27-14-7-2-1-4-11(14)16(10)24/h1-9H,(H,22,25)(H,23,26). The van der Waals surface area contributed by atoms with Crippen LogP contribution in [0.3, 0.4) is 0 Å². The van der Waals surface area contributed by atoms with Crippen LogP contribution in [-0.4, -0.2) is 18.0 Å². The summed E-state index contributed by atoms with van der Waals surface area (Å²) in [6.45, 7) is 0. The lowest BCUT2D eigenvalue weighted by molar-refractivity contribution is -0.136. The molecule has 27 heavy (non-hydrogen) atoms. The number of hydrogen-bond donors (Lipinski definition) is 2. The summed E-state index contributed by atoms with van der Waals surface area (Å²) in [5.41, 5.74) is 2.44. The van der Waals surface area contributed by atoms with Crippen LogP contribution in [0.2, 0.25) is 10.0 Å². The number of nitrogens with one attached hydrogen (secondary N) is 2. The van der Waals surface area contributed by atoms with Crippen molar-refractivity contribution < 1.29 is 14.0 Å². The second-order valence-corrected chi connectivity index (χ2v) is 6.06. The van der Waals surface area contributed by atoms with E-state index in [0.29, 0.717) is 11.0 Å². The van der Waals surface area contributed by atoms with Crippen LogP contribution in [0.5, 0.6) is 0 Å². The van der Waals surface area contributed by atoms with Crippen molar-refractivity contribution in [1.82, 2.24) is 5.43 Å². The number of nitrogens with zero attached hydrogens (tertiary/aromatic N) is 1. The molecule has 2 amide bonds. The van der Waals surface area contributed by atoms with E-state index in [-0.39, 0.29) is 26.7 Å². The first-order valence-corrected chi connectivity index (χ1v) is 8.32. The van der Waals surface area contributed by atoms with Gasteiger partial charge in [-0.2, -0.15) is 5.10 Å². The van der Waals surface area contributed by atoms with Crippen LogP contribution in [-0.2, 0) is 9.59 Å². The summed E-state index contributed by atoms with van der Waals surface area (Å²) in [6.07, 6.45) is 2.31. The normalized spacial score (nSPS) is 10.9. The average molecular weight is 404 g/mol. The molecule has 136 valence electrons. The molecular weight excluding hydrogens is 393 g/mol. The number of benzene rings is 2. The summed E-state index contributed by atoms with van der Waals surface area (Å²) < 4.78 is 5.32. The second-order valence-electron chi connectivity index (χ2n) is 5.27. The van der Waals surface area contributed by atoms with Crippen LogP contribution in [0.25, 0.3) is 11.0 Å². The van der Waals surface area contributed by atoms with Crippen molar-refractivity contribution in [2.45, 2.75) is 0 Å². The summed E-state index contributed by atoms with van der Waals surface area (Å²) in [7, 11) is 0. The number of rotatable bonds is 3. The number of para-hydroxylation sites is 1. The Kier molecular flexibility index (Phi) is 5.54. The molecule has 0 saturated carbocycles. The molecular formula is C18H11Cl2N3O4. The van der Waals surface area contributed by atoms with Crippen molar-refractivity contribution in [3.05, 3.63) is 74.6 Å². The van der Waals surface area contributed by atoms with Gasteiger partial charge >= 0.3 is 11.8 Å². The first-order chi connectivity index (χ1) is 13.0. The van der Waals surface area contributed by atoms with Gasteiger partial charge in [-0.25, -0.2) is 5.43 Å². The summed E-state index contributed by atoms with van der Waals surface area (Å²) in [5.74, 6) is -2.05. The lowest BCUT2D eigenvalue weighted by atomic mass is 10.2. The Labute approximate surface area is 162 Å². The Bertz CT molecular complexity index is 1130. The summed E-state index contributed by atoms with van der Waals surface area (Å²) >= 11 is 11.8. The zero-order valence-electron chi connectivity index (χ0n) is 13.5. The molecule has 0 atom stereocenters. The summed E-state index contributed by atoms with van der Waals surface area (Å²) in [5, 5.41) is 6.64. The zero-order valence-corrected chi connectivity index (χ0v) is 15.0. The summed E-state index contributed by atoms with van der Waals surface area (Å²) in [4.78, 5) is 36.0. The molecule has 3 aromatic rings. The summed E-state index contributed by atoms with van der Waals surface area (Å²) in [6, 6.07) is 11.3. The molecule has 0 radical (unpaired) electrons. The Morgan fingerprint density at radius 3 is 2.63 bits per heavy atom. The molecule has 1 aromatic heterocycles. The van der Waals surface area contributed by atoms with Gasteiger partial charge in [0.1, 0.15) is 11.8 Å². The number of fused-ring (bicyclic) bond motifs is 1. The fourth-order valence-electron chi connectivity index (χ4n) is 2.17. The first-order valence-electron chi connectivity index (χ1n) is 7.56. The van der Waals surface area contributed by atoms with E-state index in [4.69, 9.17) is 27.6 Å². The van der Waals surface area contributed by atoms with Gasteiger partial charge in [0.15, 0.2) is 0 Å². The maximum atomic E-state index is 12.3. The van der Waals surface area contributed by atoms with Crippen molar-refractivity contribution in [1.29, 1.82) is 0 Å². The number of carbonyl (C=O) groups excluding carboxylic acids is 2. The minimum absolute atomic E-state index is 0.109. The predicted octanol–water partition coefficient (Wildman–Crippen LogP) is 3.19. The zero-order chi connectivity index (χ0) is 19.4. The van der Waals surface area contributed by atoms with Gasteiger partial charge in [0.05, 0.1) is 32.9 Å². The van der Waals surface area contributed by atoms with Crippen LogP contribution in [0.4, 0.5) is 5.69 Å². The first kappa shape index (κ1) is 18.6. The Balaban J connectivity index is 1.68. The van der Waals surface area contributed by atoms with Crippen molar-refractivity contribution in [2.24, 2.45) is 5.10 Å². The second kappa shape index (κ2) is 8.03. The fourth-order valence-corrected chi connectivity index (χ4v) is 2.52. The number of anilines is 1. The number of hydrogen-bond acceptors (Lipinski definition) is 5. The van der Waals surface area contributed by atoms with Gasteiger partial charge in [0, 0.05) is 0 Å². The molecule has 0 spiro atoms. The number of amides is 2. The molecule has 3 rings (SSSR count). The highest BCUT2D eigenvalue weighted by Gasteiger charge is 2.15. The van der Waals surface area contributed by atoms with E-state index in [2.05, 4.69) is 10.4 Å². The SMILES string of the molecule is O=C(NN=Cc1coc2ccccc2c1=O)C(=O)Nc1cccc(Cl)c1Cl. The largest absolute Gasteiger partial charge is 0.463 e. The van der Waals surface area contributed by atoms with Crippen molar-refractivity contribution in [3.63, 3.8) is 0 Å². The van der Waals surface area contributed by atoms with Crippen LogP contribution in [0.1, 0.15) is 5.56 Å². The predicted molar refractivity (Wildman–Crippen MR) is 103 cm³/mol. The smallest absolute Gasteiger partial charge is 0.329 e. The highest BCUT2D eigenvalue weighted by molar-refractivity contribution is 6.45. The topological polar surface area (TPSA) is 101 Å². The molecule has 2 aromatic carbocycles. The number of hydrazone groups is 1. The molecule has 0 aliphatic heterocycles. The molecule has 0 aliphatic rings. The van der Waals surface area contributed by atoms with Crippen molar-refractivity contribution >= 4 is 57.9 Å². The fraction of sp³-hybridized carbons (Fsp3) is 0. The van der Waals surface area contributed by atoms with Crippen LogP contribution in [0, 0.1) is 0 Å². The van der Waals surface area contributed by atoms with E-state index in [0.717, 1.165) is 6.21 Å². The maximum Gasteiger partial charge on any atom is 0.329 e. The van der Waals surface area contributed by atoms with Crippen LogP contribution < -0.4 is 16.2 Å². The van der Waals surface area contributed by atoms with Gasteiger partial charge in [-0.3, -0.25) is 14.4 Å². The minimum atomic E-state index is -1.05. The third-order valence-electron chi connectivity index (χ3n) is 3.48. The minimum Gasteiger partial charge on any atom is -0.463 e. The van der Waals surface area contributed by atoms with Gasteiger partial charge in [-0.15, -0.1) is 0 Å². The molecule has 0 aliphatic carbocycles. The lowest BCUT2D eigenvalue weighted by Crippen LogP contribution is -2.32. The molecule has 7 nitrogen and oxygen atoms in total. The molecule has 1 heterocycles. The third-order valence-corrected chi connectivity index (χ3v) is 4.30. The molecule has 2 N–H and O–H groups in total. The monoisotopic (exact) mass is 403 g/mol. The highest BCUT2D eigenvalue weighted by Crippen LogP contribution is 2.29. The van der Waals surface area contributed by atoms with E-state index < -0.39 is 11.8 Å². The Morgan fingerprint density at radius 1 is 1.04 bits per heavy atom. The maximum absolute atomic E-state index is 12.3. The van der Waals surface area contributed by atoms with E-state index in [1.54, 1.807) is 36.4 Å². The van der Waals surface area contributed by atoms with E-state index in [1.165, 1.54) is 12.3 Å². The quantitative estimate of drug-likeness (QED) is 0.398. The number of carbonyl (C=O) groups is 2. The van der Waals surface area contributed by atoms with Crippen molar-refractivity contribution in [3.8, 4) is 0 Å². The molecule has 0 unspecified atom stereocenters. The van der Waals surface area contributed by atoms with E-state index in [9.17, 15) is 14.4 Å². The molecule has 0 bridgehead atoms.